The average molecular weight is 336 g/mol. The molecule has 0 bridgehead atoms. The molecular weight excluding hydrogens is 329 g/mol. The zero-order valence-corrected chi connectivity index (χ0v) is 10.3. The van der Waals surface area contributed by atoms with Crippen LogP contribution in [-0.2, 0) is 6.42 Å². The summed E-state index contributed by atoms with van der Waals surface area (Å²) >= 11 is 5.69. The number of halogens is 2. The summed E-state index contributed by atoms with van der Waals surface area (Å²) in [6, 6.07) is 6.20. The van der Waals surface area contributed by atoms with Gasteiger partial charge in [-0.3, -0.25) is 0 Å². The van der Waals surface area contributed by atoms with Gasteiger partial charge >= 0.3 is 0 Å². The zero-order valence-electron chi connectivity index (χ0n) is 6.56. The minimum atomic E-state index is 0.490. The second-order valence-corrected chi connectivity index (χ2v) is 4.48. The van der Waals surface area contributed by atoms with Crippen LogP contribution in [0.5, 0.6) is 0 Å². The average Bonchev–Trinajstić information content (AvgIpc) is 2.06. The normalized spacial score (nSPS) is 9.50. The standard InChI is InChI=1S/C9H7BrIN/c1-6-7(4-5-12)9(11)3-2-8(6)10/h2-3H,4H2,1H3. The van der Waals surface area contributed by atoms with Crippen LogP contribution in [0.4, 0.5) is 0 Å². The number of benzene rings is 1. The van der Waals surface area contributed by atoms with Gasteiger partial charge in [0.1, 0.15) is 0 Å². The molecule has 0 spiro atoms. The van der Waals surface area contributed by atoms with Crippen molar-refractivity contribution >= 4 is 38.5 Å². The van der Waals surface area contributed by atoms with Crippen LogP contribution >= 0.6 is 38.5 Å². The maximum absolute atomic E-state index is 8.59. The Hall–Kier alpha value is -0.0800. The Morgan fingerprint density at radius 2 is 2.25 bits per heavy atom. The predicted octanol–water partition coefficient (Wildman–Crippen LogP) is 3.43. The summed E-state index contributed by atoms with van der Waals surface area (Å²) in [4.78, 5) is 0. The smallest absolute Gasteiger partial charge is 0.0670 e. The second kappa shape index (κ2) is 4.24. The third-order valence-electron chi connectivity index (χ3n) is 1.73. The molecule has 62 valence electrons. The maximum Gasteiger partial charge on any atom is 0.0670 e. The maximum atomic E-state index is 8.59. The highest BCUT2D eigenvalue weighted by molar-refractivity contribution is 14.1. The van der Waals surface area contributed by atoms with Gasteiger partial charge < -0.3 is 0 Å². The molecule has 0 atom stereocenters. The van der Waals surface area contributed by atoms with Gasteiger partial charge in [-0.15, -0.1) is 0 Å². The Balaban J connectivity index is 3.25. The molecule has 0 unspecified atom stereocenters. The van der Waals surface area contributed by atoms with Crippen molar-refractivity contribution < 1.29 is 0 Å². The van der Waals surface area contributed by atoms with E-state index in [9.17, 15) is 0 Å². The molecule has 0 saturated carbocycles. The fraction of sp³-hybridized carbons (Fsp3) is 0.222. The quantitative estimate of drug-likeness (QED) is 0.721. The fourth-order valence-corrected chi connectivity index (χ4v) is 2.14. The Morgan fingerprint density at radius 3 is 2.83 bits per heavy atom. The highest BCUT2D eigenvalue weighted by atomic mass is 127. The van der Waals surface area contributed by atoms with Gasteiger partial charge in [0.15, 0.2) is 0 Å². The lowest BCUT2D eigenvalue weighted by Gasteiger charge is -2.05. The second-order valence-electron chi connectivity index (χ2n) is 2.47. The van der Waals surface area contributed by atoms with Crippen LogP contribution in [0.15, 0.2) is 16.6 Å². The van der Waals surface area contributed by atoms with Crippen LogP contribution in [-0.4, -0.2) is 0 Å². The molecule has 1 aromatic carbocycles. The first kappa shape index (κ1) is 10.0. The number of rotatable bonds is 1. The van der Waals surface area contributed by atoms with Crippen molar-refractivity contribution in [2.24, 2.45) is 0 Å². The van der Waals surface area contributed by atoms with E-state index in [-0.39, 0.29) is 0 Å². The Bertz CT molecular complexity index is 341. The minimum Gasteiger partial charge on any atom is -0.198 e. The molecule has 0 aromatic heterocycles. The van der Waals surface area contributed by atoms with Gasteiger partial charge in [-0.05, 0) is 52.8 Å². The predicted molar refractivity (Wildman–Crippen MR) is 60.9 cm³/mol. The van der Waals surface area contributed by atoms with E-state index >= 15 is 0 Å². The lowest BCUT2D eigenvalue weighted by molar-refractivity contribution is 1.18. The molecular formula is C9H7BrIN. The summed E-state index contributed by atoms with van der Waals surface area (Å²) in [5.74, 6) is 0. The van der Waals surface area contributed by atoms with Crippen molar-refractivity contribution in [3.05, 3.63) is 31.3 Å². The van der Waals surface area contributed by atoms with Gasteiger partial charge in [0, 0.05) is 8.04 Å². The molecule has 0 saturated heterocycles. The van der Waals surface area contributed by atoms with Gasteiger partial charge in [0.25, 0.3) is 0 Å². The molecule has 0 N–H and O–H groups in total. The SMILES string of the molecule is Cc1c(Br)ccc(I)c1CC#N. The van der Waals surface area contributed by atoms with Crippen LogP contribution in [0.2, 0.25) is 0 Å². The van der Waals surface area contributed by atoms with Crippen molar-refractivity contribution in [2.45, 2.75) is 13.3 Å². The van der Waals surface area contributed by atoms with Crippen LogP contribution in [0.1, 0.15) is 11.1 Å². The molecule has 0 heterocycles. The highest BCUT2D eigenvalue weighted by Crippen LogP contribution is 2.24. The van der Waals surface area contributed by atoms with Crippen LogP contribution in [0.3, 0.4) is 0 Å². The van der Waals surface area contributed by atoms with Crippen LogP contribution in [0.25, 0.3) is 0 Å². The van der Waals surface area contributed by atoms with Gasteiger partial charge in [0.05, 0.1) is 12.5 Å². The Labute approximate surface area is 94.0 Å². The van der Waals surface area contributed by atoms with E-state index in [1.807, 2.05) is 19.1 Å². The molecule has 0 amide bonds. The first-order valence-electron chi connectivity index (χ1n) is 3.47. The van der Waals surface area contributed by atoms with Gasteiger partial charge in [-0.1, -0.05) is 15.9 Å². The summed E-state index contributed by atoms with van der Waals surface area (Å²) in [7, 11) is 0. The fourth-order valence-electron chi connectivity index (χ4n) is 0.991. The van der Waals surface area contributed by atoms with Crippen molar-refractivity contribution in [1.29, 1.82) is 5.26 Å². The number of hydrogen-bond acceptors (Lipinski definition) is 1. The Kier molecular flexibility index (Phi) is 3.53. The summed E-state index contributed by atoms with van der Waals surface area (Å²) in [5.41, 5.74) is 2.30. The molecule has 1 nitrogen and oxygen atoms in total. The summed E-state index contributed by atoms with van der Waals surface area (Å²) in [6.45, 7) is 2.03. The molecule has 0 aliphatic heterocycles. The molecule has 0 fully saturated rings. The third-order valence-corrected chi connectivity index (χ3v) is 3.60. The van der Waals surface area contributed by atoms with E-state index in [2.05, 4.69) is 44.6 Å². The number of hydrogen-bond donors (Lipinski definition) is 0. The number of nitrogens with zero attached hydrogens (tertiary/aromatic N) is 1. The molecule has 0 radical (unpaired) electrons. The van der Waals surface area contributed by atoms with Crippen molar-refractivity contribution in [1.82, 2.24) is 0 Å². The van der Waals surface area contributed by atoms with Gasteiger partial charge in [0.2, 0.25) is 0 Å². The minimum absolute atomic E-state index is 0.490. The van der Waals surface area contributed by atoms with E-state index in [4.69, 9.17) is 5.26 Å². The van der Waals surface area contributed by atoms with E-state index in [0.29, 0.717) is 6.42 Å². The monoisotopic (exact) mass is 335 g/mol. The Morgan fingerprint density at radius 1 is 1.58 bits per heavy atom. The molecule has 3 heteroatoms. The highest BCUT2D eigenvalue weighted by Gasteiger charge is 2.05. The molecule has 0 aliphatic carbocycles. The zero-order chi connectivity index (χ0) is 9.14. The first-order valence-corrected chi connectivity index (χ1v) is 5.34. The molecule has 12 heavy (non-hydrogen) atoms. The van der Waals surface area contributed by atoms with Crippen LogP contribution < -0.4 is 0 Å². The van der Waals surface area contributed by atoms with E-state index < -0.39 is 0 Å². The topological polar surface area (TPSA) is 23.8 Å². The van der Waals surface area contributed by atoms with E-state index in [0.717, 1.165) is 13.6 Å². The van der Waals surface area contributed by atoms with Crippen molar-refractivity contribution in [3.8, 4) is 6.07 Å². The lowest BCUT2D eigenvalue weighted by Crippen LogP contribution is -1.92. The molecule has 1 aromatic rings. The first-order chi connectivity index (χ1) is 5.66. The van der Waals surface area contributed by atoms with Crippen molar-refractivity contribution in [2.75, 3.05) is 0 Å². The largest absolute Gasteiger partial charge is 0.198 e. The summed E-state index contributed by atoms with van der Waals surface area (Å²) in [6.07, 6.45) is 0.490. The summed E-state index contributed by atoms with van der Waals surface area (Å²) < 4.78 is 2.24. The van der Waals surface area contributed by atoms with E-state index in [1.54, 1.807) is 0 Å². The van der Waals surface area contributed by atoms with Crippen LogP contribution in [0, 0.1) is 21.8 Å². The molecule has 1 rings (SSSR count). The lowest BCUT2D eigenvalue weighted by atomic mass is 10.1. The van der Waals surface area contributed by atoms with E-state index in [1.165, 1.54) is 5.56 Å². The van der Waals surface area contributed by atoms with Gasteiger partial charge in [-0.2, -0.15) is 5.26 Å². The third kappa shape index (κ3) is 1.99. The van der Waals surface area contributed by atoms with Gasteiger partial charge in [-0.25, -0.2) is 0 Å². The number of nitriles is 1. The van der Waals surface area contributed by atoms with Crippen molar-refractivity contribution in [3.63, 3.8) is 0 Å². The molecule has 0 aliphatic rings. The summed E-state index contributed by atoms with van der Waals surface area (Å²) in [5, 5.41) is 8.59.